The minimum Gasteiger partial charge on any atom is -0.348 e. The van der Waals surface area contributed by atoms with Crippen molar-refractivity contribution in [2.45, 2.75) is 45.1 Å². The van der Waals surface area contributed by atoms with Gasteiger partial charge in [0.05, 0.1) is 10.4 Å². The highest BCUT2D eigenvalue weighted by Crippen LogP contribution is 2.33. The van der Waals surface area contributed by atoms with Gasteiger partial charge in [0.15, 0.2) is 10.8 Å². The largest absolute Gasteiger partial charge is 0.348 e. The number of fused-ring (bicyclic) bond motifs is 1. The Hall–Kier alpha value is -1.14. The standard InChI is InChI=1S/C16H25N5S/c1-12-14-15(19(2)18-12)17-16(22-14)21-10-6-13(7-11-21)20-8-4-3-5-9-20/h13H,3-11H2,1-2H3. The molecule has 0 aliphatic carbocycles. The average Bonchev–Trinajstić information content (AvgIpc) is 3.11. The number of thiazole rings is 1. The van der Waals surface area contributed by atoms with E-state index in [0.29, 0.717) is 0 Å². The summed E-state index contributed by atoms with van der Waals surface area (Å²) in [4.78, 5) is 10.0. The Morgan fingerprint density at radius 2 is 1.77 bits per heavy atom. The first-order chi connectivity index (χ1) is 10.7. The van der Waals surface area contributed by atoms with Gasteiger partial charge in [-0.2, -0.15) is 5.10 Å². The van der Waals surface area contributed by atoms with E-state index in [0.717, 1.165) is 30.5 Å². The van der Waals surface area contributed by atoms with Crippen molar-refractivity contribution in [2.24, 2.45) is 7.05 Å². The highest BCUT2D eigenvalue weighted by atomic mass is 32.1. The van der Waals surface area contributed by atoms with Crippen molar-refractivity contribution in [2.75, 3.05) is 31.1 Å². The van der Waals surface area contributed by atoms with Crippen LogP contribution in [0.15, 0.2) is 0 Å². The van der Waals surface area contributed by atoms with Gasteiger partial charge < -0.3 is 9.80 Å². The summed E-state index contributed by atoms with van der Waals surface area (Å²) in [7, 11) is 1.99. The number of hydrogen-bond donors (Lipinski definition) is 0. The SMILES string of the molecule is Cc1nn(C)c2nc(N3CCC(N4CCCCC4)CC3)sc12. The van der Waals surface area contributed by atoms with Gasteiger partial charge in [0.2, 0.25) is 0 Å². The molecule has 0 atom stereocenters. The van der Waals surface area contributed by atoms with Crippen LogP contribution in [-0.2, 0) is 7.05 Å². The van der Waals surface area contributed by atoms with E-state index in [4.69, 9.17) is 4.98 Å². The molecule has 2 aromatic heterocycles. The van der Waals surface area contributed by atoms with Gasteiger partial charge in [-0.05, 0) is 45.7 Å². The van der Waals surface area contributed by atoms with E-state index in [1.807, 2.05) is 11.7 Å². The van der Waals surface area contributed by atoms with Crippen LogP contribution in [0.25, 0.3) is 10.3 Å². The second-order valence-electron chi connectivity index (χ2n) is 6.67. The first-order valence-electron chi connectivity index (χ1n) is 8.51. The summed E-state index contributed by atoms with van der Waals surface area (Å²) in [6.45, 7) is 7.00. The zero-order valence-electron chi connectivity index (χ0n) is 13.6. The second-order valence-corrected chi connectivity index (χ2v) is 7.65. The average molecular weight is 319 g/mol. The Balaban J connectivity index is 1.44. The van der Waals surface area contributed by atoms with Crippen LogP contribution in [0.5, 0.6) is 0 Å². The molecule has 0 amide bonds. The lowest BCUT2D eigenvalue weighted by molar-refractivity contribution is 0.141. The number of aryl methyl sites for hydroxylation is 2. The maximum atomic E-state index is 4.83. The summed E-state index contributed by atoms with van der Waals surface area (Å²) in [5.74, 6) is 0. The van der Waals surface area contributed by atoms with Crippen molar-refractivity contribution in [1.29, 1.82) is 0 Å². The maximum absolute atomic E-state index is 4.83. The van der Waals surface area contributed by atoms with Crippen molar-refractivity contribution in [1.82, 2.24) is 19.7 Å². The first kappa shape index (κ1) is 14.5. The number of hydrogen-bond acceptors (Lipinski definition) is 5. The topological polar surface area (TPSA) is 37.2 Å². The number of aromatic nitrogens is 3. The summed E-state index contributed by atoms with van der Waals surface area (Å²) in [5.41, 5.74) is 2.14. The van der Waals surface area contributed by atoms with Gasteiger partial charge >= 0.3 is 0 Å². The van der Waals surface area contributed by atoms with Crippen molar-refractivity contribution >= 4 is 26.8 Å². The summed E-state index contributed by atoms with van der Waals surface area (Å²) >= 11 is 1.81. The highest BCUT2D eigenvalue weighted by molar-refractivity contribution is 7.22. The number of likely N-dealkylation sites (tertiary alicyclic amines) is 1. The quantitative estimate of drug-likeness (QED) is 0.853. The third-order valence-electron chi connectivity index (χ3n) is 5.18. The second kappa shape index (κ2) is 5.81. The number of anilines is 1. The molecule has 0 bridgehead atoms. The third kappa shape index (κ3) is 2.52. The summed E-state index contributed by atoms with van der Waals surface area (Å²) in [6, 6.07) is 0.800. The molecule has 0 radical (unpaired) electrons. The van der Waals surface area contributed by atoms with E-state index in [9.17, 15) is 0 Å². The van der Waals surface area contributed by atoms with Crippen LogP contribution in [0, 0.1) is 6.92 Å². The number of rotatable bonds is 2. The van der Waals surface area contributed by atoms with Gasteiger partial charge in [-0.25, -0.2) is 9.67 Å². The molecule has 22 heavy (non-hydrogen) atoms. The lowest BCUT2D eigenvalue weighted by Gasteiger charge is -2.40. The van der Waals surface area contributed by atoms with E-state index in [1.165, 1.54) is 55.0 Å². The zero-order valence-corrected chi connectivity index (χ0v) is 14.4. The van der Waals surface area contributed by atoms with Crippen molar-refractivity contribution in [3.63, 3.8) is 0 Å². The van der Waals surface area contributed by atoms with Crippen LogP contribution in [0.3, 0.4) is 0 Å². The molecular weight excluding hydrogens is 294 g/mol. The number of nitrogens with zero attached hydrogens (tertiary/aromatic N) is 5. The van der Waals surface area contributed by atoms with Gasteiger partial charge in [0, 0.05) is 26.2 Å². The molecule has 4 rings (SSSR count). The predicted octanol–water partition coefficient (Wildman–Crippen LogP) is 2.79. The first-order valence-corrected chi connectivity index (χ1v) is 9.33. The fourth-order valence-electron chi connectivity index (χ4n) is 3.91. The van der Waals surface area contributed by atoms with Crippen LogP contribution in [-0.4, -0.2) is 51.9 Å². The van der Waals surface area contributed by atoms with Crippen LogP contribution in [0.2, 0.25) is 0 Å². The van der Waals surface area contributed by atoms with E-state index in [-0.39, 0.29) is 0 Å². The molecule has 0 aromatic carbocycles. The Labute approximate surface area is 135 Å². The molecule has 2 aliphatic rings. The van der Waals surface area contributed by atoms with Gasteiger partial charge in [-0.1, -0.05) is 17.8 Å². The molecule has 0 unspecified atom stereocenters. The molecule has 0 saturated carbocycles. The third-order valence-corrected chi connectivity index (χ3v) is 6.39. The molecule has 2 aliphatic heterocycles. The fourth-order valence-corrected chi connectivity index (χ4v) is 5.00. The van der Waals surface area contributed by atoms with Gasteiger partial charge in [0.25, 0.3) is 0 Å². The van der Waals surface area contributed by atoms with Crippen molar-refractivity contribution in [3.05, 3.63) is 5.69 Å². The van der Waals surface area contributed by atoms with Gasteiger partial charge in [0.1, 0.15) is 0 Å². The lowest BCUT2D eigenvalue weighted by atomic mass is 10.0. The minimum absolute atomic E-state index is 0.800. The molecular formula is C16H25N5S. The van der Waals surface area contributed by atoms with Gasteiger partial charge in [-0.3, -0.25) is 0 Å². The molecule has 0 N–H and O–H groups in total. The van der Waals surface area contributed by atoms with Crippen LogP contribution in [0.1, 0.15) is 37.8 Å². The monoisotopic (exact) mass is 319 g/mol. The molecule has 2 saturated heterocycles. The Kier molecular flexibility index (Phi) is 3.82. The molecule has 5 nitrogen and oxygen atoms in total. The normalized spacial score (nSPS) is 21.8. The zero-order chi connectivity index (χ0) is 15.1. The fraction of sp³-hybridized carbons (Fsp3) is 0.750. The van der Waals surface area contributed by atoms with E-state index in [2.05, 4.69) is 21.8 Å². The molecule has 120 valence electrons. The molecule has 6 heteroatoms. The van der Waals surface area contributed by atoms with Crippen LogP contribution >= 0.6 is 11.3 Å². The lowest BCUT2D eigenvalue weighted by Crippen LogP contribution is -2.46. The molecule has 0 spiro atoms. The number of piperidine rings is 2. The minimum atomic E-state index is 0.800. The van der Waals surface area contributed by atoms with Crippen LogP contribution < -0.4 is 4.90 Å². The maximum Gasteiger partial charge on any atom is 0.188 e. The summed E-state index contributed by atoms with van der Waals surface area (Å²) < 4.78 is 3.15. The molecule has 2 fully saturated rings. The molecule has 2 aromatic rings. The highest BCUT2D eigenvalue weighted by Gasteiger charge is 2.27. The smallest absolute Gasteiger partial charge is 0.188 e. The Bertz CT molecular complexity index is 612. The Morgan fingerprint density at radius 1 is 1.05 bits per heavy atom. The van der Waals surface area contributed by atoms with E-state index in [1.54, 1.807) is 11.3 Å². The van der Waals surface area contributed by atoms with Gasteiger partial charge in [-0.15, -0.1) is 0 Å². The predicted molar refractivity (Wildman–Crippen MR) is 91.8 cm³/mol. The summed E-state index contributed by atoms with van der Waals surface area (Å²) in [5, 5.41) is 5.63. The molecule has 4 heterocycles. The van der Waals surface area contributed by atoms with Crippen molar-refractivity contribution in [3.8, 4) is 0 Å². The van der Waals surface area contributed by atoms with E-state index >= 15 is 0 Å². The van der Waals surface area contributed by atoms with E-state index < -0.39 is 0 Å². The summed E-state index contributed by atoms with van der Waals surface area (Å²) in [6.07, 6.45) is 6.78. The van der Waals surface area contributed by atoms with Crippen molar-refractivity contribution < 1.29 is 0 Å². The Morgan fingerprint density at radius 3 is 2.45 bits per heavy atom. The van der Waals surface area contributed by atoms with Crippen LogP contribution in [0.4, 0.5) is 5.13 Å².